The van der Waals surface area contributed by atoms with Crippen LogP contribution in [0.15, 0.2) is 78.4 Å². The van der Waals surface area contributed by atoms with Gasteiger partial charge in [-0.05, 0) is 43.4 Å². The molecule has 46 heavy (non-hydrogen) atoms. The SMILES string of the molecule is Cc1cccc(C2C3=CCC4C(=O)N(c5cccc([N+](=O)[O-])c5)C(=O)C4C3CC3C(=O)N(c4cccc([N+](=O)[O-])c4)C(=O)C32)c1O. The van der Waals surface area contributed by atoms with Gasteiger partial charge in [0, 0.05) is 35.7 Å². The van der Waals surface area contributed by atoms with Crippen molar-refractivity contribution < 1.29 is 34.1 Å². The topological polar surface area (TPSA) is 181 Å². The number of allylic oxidation sites excluding steroid dienone is 2. The van der Waals surface area contributed by atoms with E-state index in [1.165, 1.54) is 42.5 Å². The molecule has 3 fully saturated rings. The summed E-state index contributed by atoms with van der Waals surface area (Å²) in [5, 5.41) is 34.2. The minimum Gasteiger partial charge on any atom is -0.507 e. The Bertz CT molecular complexity index is 1940. The van der Waals surface area contributed by atoms with E-state index >= 15 is 0 Å². The largest absolute Gasteiger partial charge is 0.507 e. The second kappa shape index (κ2) is 10.4. The van der Waals surface area contributed by atoms with Gasteiger partial charge in [0.2, 0.25) is 23.6 Å². The summed E-state index contributed by atoms with van der Waals surface area (Å²) in [6.45, 7) is 1.70. The third kappa shape index (κ3) is 4.15. The summed E-state index contributed by atoms with van der Waals surface area (Å²) in [5.74, 6) is -7.37. The number of hydrogen-bond donors (Lipinski definition) is 1. The molecule has 0 radical (unpaired) electrons. The number of fused-ring (bicyclic) bond motifs is 4. The molecule has 1 N–H and O–H groups in total. The third-order valence-electron chi connectivity index (χ3n) is 9.85. The van der Waals surface area contributed by atoms with Crippen LogP contribution in [0.3, 0.4) is 0 Å². The number of imide groups is 2. The van der Waals surface area contributed by atoms with Crippen LogP contribution in [0.5, 0.6) is 5.75 Å². The zero-order chi connectivity index (χ0) is 32.6. The van der Waals surface area contributed by atoms with E-state index in [1.807, 2.05) is 6.08 Å². The van der Waals surface area contributed by atoms with Crippen LogP contribution in [-0.4, -0.2) is 38.6 Å². The number of carbonyl (C=O) groups excluding carboxylic acids is 4. The summed E-state index contributed by atoms with van der Waals surface area (Å²) < 4.78 is 0. The second-order valence-corrected chi connectivity index (χ2v) is 12.1. The Morgan fingerprint density at radius 1 is 0.717 bits per heavy atom. The number of benzene rings is 3. The van der Waals surface area contributed by atoms with E-state index in [9.17, 15) is 44.5 Å². The molecular weight excluding hydrogens is 596 g/mol. The number of aromatic hydroxyl groups is 1. The maximum absolute atomic E-state index is 14.2. The number of hydrogen-bond acceptors (Lipinski definition) is 9. The fraction of sp³-hybridized carbons (Fsp3) is 0.273. The molecule has 6 unspecified atom stereocenters. The van der Waals surface area contributed by atoms with Gasteiger partial charge in [0.25, 0.3) is 11.4 Å². The quantitative estimate of drug-likeness (QED) is 0.185. The molecule has 2 saturated heterocycles. The van der Waals surface area contributed by atoms with Gasteiger partial charge in [0.15, 0.2) is 0 Å². The first-order chi connectivity index (χ1) is 22.0. The third-order valence-corrected chi connectivity index (χ3v) is 9.85. The van der Waals surface area contributed by atoms with Crippen molar-refractivity contribution in [2.45, 2.75) is 25.7 Å². The molecule has 232 valence electrons. The van der Waals surface area contributed by atoms with Crippen molar-refractivity contribution in [3.63, 3.8) is 0 Å². The minimum atomic E-state index is -0.974. The number of phenols is 1. The number of nitrogens with zero attached hydrogens (tertiary/aromatic N) is 4. The summed E-state index contributed by atoms with van der Waals surface area (Å²) in [6, 6.07) is 15.6. The first-order valence-electron chi connectivity index (χ1n) is 14.7. The highest BCUT2D eigenvalue weighted by Gasteiger charge is 2.62. The molecule has 6 atom stereocenters. The molecule has 4 aliphatic rings. The van der Waals surface area contributed by atoms with Crippen LogP contribution in [0.1, 0.15) is 29.9 Å². The van der Waals surface area contributed by atoms with E-state index in [2.05, 4.69) is 0 Å². The van der Waals surface area contributed by atoms with Gasteiger partial charge in [-0.2, -0.15) is 0 Å². The van der Waals surface area contributed by atoms with Crippen molar-refractivity contribution in [1.29, 1.82) is 0 Å². The van der Waals surface area contributed by atoms with Crippen molar-refractivity contribution in [2.24, 2.45) is 29.6 Å². The molecule has 2 heterocycles. The van der Waals surface area contributed by atoms with E-state index in [1.54, 1.807) is 25.1 Å². The molecule has 13 heteroatoms. The lowest BCUT2D eigenvalue weighted by molar-refractivity contribution is -0.385. The number of para-hydroxylation sites is 1. The summed E-state index contributed by atoms with van der Waals surface area (Å²) in [5.41, 5.74) is 1.15. The fourth-order valence-corrected chi connectivity index (χ4v) is 7.87. The van der Waals surface area contributed by atoms with Gasteiger partial charge >= 0.3 is 0 Å². The Hall–Kier alpha value is -5.72. The number of phenolic OH excluding ortho intramolecular Hbond substituents is 1. The molecule has 0 aromatic heterocycles. The van der Waals surface area contributed by atoms with Crippen LogP contribution in [0.2, 0.25) is 0 Å². The summed E-state index contributed by atoms with van der Waals surface area (Å²) in [7, 11) is 0. The van der Waals surface area contributed by atoms with Crippen LogP contribution in [0.4, 0.5) is 22.7 Å². The maximum Gasteiger partial charge on any atom is 0.271 e. The molecule has 13 nitrogen and oxygen atoms in total. The van der Waals surface area contributed by atoms with Crippen LogP contribution in [0.25, 0.3) is 0 Å². The van der Waals surface area contributed by atoms with E-state index in [0.717, 1.165) is 15.9 Å². The average Bonchev–Trinajstić information content (AvgIpc) is 3.45. The molecule has 4 amide bonds. The lowest BCUT2D eigenvalue weighted by Crippen LogP contribution is -2.43. The van der Waals surface area contributed by atoms with Gasteiger partial charge in [0.05, 0.1) is 44.9 Å². The Kier molecular flexibility index (Phi) is 6.58. The second-order valence-electron chi connectivity index (χ2n) is 12.1. The van der Waals surface area contributed by atoms with Crippen molar-refractivity contribution in [2.75, 3.05) is 9.80 Å². The lowest BCUT2D eigenvalue weighted by Gasteiger charge is -2.44. The first kappa shape index (κ1) is 29.0. The highest BCUT2D eigenvalue weighted by atomic mass is 16.6. The smallest absolute Gasteiger partial charge is 0.271 e. The van der Waals surface area contributed by atoms with Gasteiger partial charge in [-0.15, -0.1) is 0 Å². The molecular formula is C33H26N4O9. The van der Waals surface area contributed by atoms with Crippen molar-refractivity contribution in [3.05, 3.63) is 110 Å². The van der Waals surface area contributed by atoms with E-state index in [-0.39, 0.29) is 41.3 Å². The number of anilines is 2. The Balaban J connectivity index is 1.34. The van der Waals surface area contributed by atoms with Gasteiger partial charge in [-0.3, -0.25) is 39.4 Å². The van der Waals surface area contributed by atoms with Crippen molar-refractivity contribution in [1.82, 2.24) is 0 Å². The van der Waals surface area contributed by atoms with Crippen LogP contribution < -0.4 is 9.80 Å². The van der Waals surface area contributed by atoms with Gasteiger partial charge in [0.1, 0.15) is 5.75 Å². The van der Waals surface area contributed by atoms with Crippen LogP contribution >= 0.6 is 0 Å². The van der Waals surface area contributed by atoms with Crippen molar-refractivity contribution in [3.8, 4) is 5.75 Å². The molecule has 1 saturated carbocycles. The van der Waals surface area contributed by atoms with E-state index in [4.69, 9.17) is 0 Å². The fourth-order valence-electron chi connectivity index (χ4n) is 7.87. The molecule has 3 aromatic rings. The summed E-state index contributed by atoms with van der Waals surface area (Å²) >= 11 is 0. The van der Waals surface area contributed by atoms with E-state index in [0.29, 0.717) is 16.7 Å². The van der Waals surface area contributed by atoms with Gasteiger partial charge in [-0.1, -0.05) is 42.0 Å². The normalized spacial score (nSPS) is 26.8. The molecule has 2 aliphatic carbocycles. The number of rotatable bonds is 5. The maximum atomic E-state index is 14.2. The molecule has 7 rings (SSSR count). The van der Waals surface area contributed by atoms with Crippen molar-refractivity contribution >= 4 is 46.4 Å². The highest BCUT2D eigenvalue weighted by molar-refractivity contribution is 6.24. The number of amides is 4. The Morgan fingerprint density at radius 2 is 1.26 bits per heavy atom. The van der Waals surface area contributed by atoms with Crippen LogP contribution in [0, 0.1) is 56.7 Å². The predicted molar refractivity (Wildman–Crippen MR) is 162 cm³/mol. The zero-order valence-electron chi connectivity index (χ0n) is 24.3. The minimum absolute atomic E-state index is 0.0459. The van der Waals surface area contributed by atoms with Crippen LogP contribution in [-0.2, 0) is 19.2 Å². The zero-order valence-corrected chi connectivity index (χ0v) is 24.3. The molecule has 0 spiro atoms. The monoisotopic (exact) mass is 622 g/mol. The number of nitro groups is 2. The average molecular weight is 623 g/mol. The molecule has 0 bridgehead atoms. The number of carbonyl (C=O) groups is 4. The molecule has 3 aromatic carbocycles. The first-order valence-corrected chi connectivity index (χ1v) is 14.7. The van der Waals surface area contributed by atoms with Gasteiger partial charge < -0.3 is 5.11 Å². The number of aryl methyl sites for hydroxylation is 1. The van der Waals surface area contributed by atoms with E-state index < -0.39 is 69.0 Å². The Labute approximate surface area is 261 Å². The summed E-state index contributed by atoms with van der Waals surface area (Å²) in [4.78, 5) is 79.7. The van der Waals surface area contributed by atoms with Gasteiger partial charge in [-0.25, -0.2) is 9.80 Å². The summed E-state index contributed by atoms with van der Waals surface area (Å²) in [6.07, 6.45) is 2.03. The number of non-ortho nitro benzene ring substituents is 2. The highest BCUT2D eigenvalue weighted by Crippen LogP contribution is 2.59. The standard InChI is InChI=1S/C33H26N4O9/c1-16-5-2-10-22(29(16)38)26-21-11-12-23-27(32(41)34(30(23)39)17-6-3-8-19(13-17)36(43)44)24(21)15-25-28(26)33(42)35(31(25)40)18-7-4-9-20(14-18)37(45)46/h2-11,13-14,23-28,38H,12,15H2,1H3. The molecule has 2 aliphatic heterocycles. The predicted octanol–water partition coefficient (Wildman–Crippen LogP) is 4.56. The number of nitro benzene ring substituents is 2. The Morgan fingerprint density at radius 3 is 1.85 bits per heavy atom. The lowest BCUT2D eigenvalue weighted by atomic mass is 9.57.